The second kappa shape index (κ2) is 8.76. The molecular weight excluding hydrogens is 353 g/mol. The Hall–Kier alpha value is -3.05. The van der Waals surface area contributed by atoms with Gasteiger partial charge in [0.25, 0.3) is 5.91 Å². The first-order valence-corrected chi connectivity index (χ1v) is 9.19. The second-order valence-corrected chi connectivity index (χ2v) is 6.94. The summed E-state index contributed by atoms with van der Waals surface area (Å²) in [5, 5.41) is 2.96. The van der Waals surface area contributed by atoms with Crippen molar-refractivity contribution in [2.45, 2.75) is 13.0 Å². The maximum absolute atomic E-state index is 13.6. The van der Waals surface area contributed by atoms with E-state index in [1.807, 2.05) is 68.4 Å². The van der Waals surface area contributed by atoms with Crippen molar-refractivity contribution in [3.8, 4) is 11.3 Å². The van der Waals surface area contributed by atoms with Crippen LogP contribution in [0.4, 0.5) is 4.39 Å². The highest BCUT2D eigenvalue weighted by atomic mass is 19.1. The van der Waals surface area contributed by atoms with Crippen LogP contribution in [0, 0.1) is 12.7 Å². The highest BCUT2D eigenvalue weighted by Crippen LogP contribution is 2.20. The lowest BCUT2D eigenvalue weighted by molar-refractivity contribution is 0.0941. The van der Waals surface area contributed by atoms with Crippen LogP contribution in [0.15, 0.2) is 66.7 Å². The summed E-state index contributed by atoms with van der Waals surface area (Å²) >= 11 is 0. The Morgan fingerprint density at radius 2 is 1.82 bits per heavy atom. The average molecular weight is 377 g/mol. The van der Waals surface area contributed by atoms with Crippen LogP contribution in [0.1, 0.15) is 27.7 Å². The van der Waals surface area contributed by atoms with E-state index in [0.29, 0.717) is 17.8 Å². The van der Waals surface area contributed by atoms with Crippen molar-refractivity contribution in [2.24, 2.45) is 0 Å². The predicted molar refractivity (Wildman–Crippen MR) is 110 cm³/mol. The van der Waals surface area contributed by atoms with Crippen LogP contribution >= 0.6 is 0 Å². The molecule has 1 N–H and O–H groups in total. The van der Waals surface area contributed by atoms with Gasteiger partial charge in [-0.15, -0.1) is 0 Å². The van der Waals surface area contributed by atoms with E-state index in [4.69, 9.17) is 0 Å². The number of pyridine rings is 1. The number of carbonyl (C=O) groups excluding carboxylic acids is 1. The summed E-state index contributed by atoms with van der Waals surface area (Å²) in [6, 6.07) is 19.8. The smallest absolute Gasteiger partial charge is 0.253 e. The van der Waals surface area contributed by atoms with E-state index >= 15 is 0 Å². The molecule has 0 fully saturated rings. The van der Waals surface area contributed by atoms with Gasteiger partial charge < -0.3 is 10.2 Å². The molecule has 0 saturated heterocycles. The molecule has 0 saturated carbocycles. The number of hydrogen-bond acceptors (Lipinski definition) is 3. The van der Waals surface area contributed by atoms with Crippen molar-refractivity contribution in [1.82, 2.24) is 15.2 Å². The normalized spacial score (nSPS) is 12.0. The molecule has 1 amide bonds. The number of rotatable bonds is 6. The van der Waals surface area contributed by atoms with Crippen molar-refractivity contribution < 1.29 is 9.18 Å². The minimum Gasteiger partial charge on any atom is -0.350 e. The number of nitrogens with zero attached hydrogens (tertiary/aromatic N) is 2. The number of hydrogen-bond donors (Lipinski definition) is 1. The van der Waals surface area contributed by atoms with E-state index in [0.717, 1.165) is 16.8 Å². The Bertz CT molecular complexity index is 957. The summed E-state index contributed by atoms with van der Waals surface area (Å²) in [5.74, 6) is -0.472. The fourth-order valence-corrected chi connectivity index (χ4v) is 3.17. The molecule has 0 aliphatic carbocycles. The number of amides is 1. The zero-order chi connectivity index (χ0) is 20.1. The van der Waals surface area contributed by atoms with Gasteiger partial charge in [0, 0.05) is 12.1 Å². The minimum absolute atomic E-state index is 0.128. The maximum Gasteiger partial charge on any atom is 0.253 e. The Morgan fingerprint density at radius 1 is 1.07 bits per heavy atom. The first kappa shape index (κ1) is 19.7. The van der Waals surface area contributed by atoms with E-state index in [-0.39, 0.29) is 17.8 Å². The summed E-state index contributed by atoms with van der Waals surface area (Å²) in [7, 11) is 3.81. The molecule has 5 heteroatoms. The van der Waals surface area contributed by atoms with Gasteiger partial charge in [-0.25, -0.2) is 4.39 Å². The number of aryl methyl sites for hydroxylation is 1. The number of likely N-dealkylation sites (N-methyl/N-ethyl adjacent to an activating group) is 1. The third kappa shape index (κ3) is 4.61. The molecular formula is C23H24FN3O. The molecule has 0 aliphatic rings. The van der Waals surface area contributed by atoms with Crippen LogP contribution in [0.25, 0.3) is 11.3 Å². The zero-order valence-electron chi connectivity index (χ0n) is 16.3. The van der Waals surface area contributed by atoms with Crippen LogP contribution in [0.2, 0.25) is 0 Å². The Morgan fingerprint density at radius 3 is 2.46 bits per heavy atom. The average Bonchev–Trinajstić information content (AvgIpc) is 2.68. The molecule has 2 aromatic carbocycles. The van der Waals surface area contributed by atoms with E-state index in [2.05, 4.69) is 10.3 Å². The Labute approximate surface area is 165 Å². The maximum atomic E-state index is 13.6. The minimum atomic E-state index is -0.285. The summed E-state index contributed by atoms with van der Waals surface area (Å²) in [6.45, 7) is 2.20. The molecule has 1 heterocycles. The van der Waals surface area contributed by atoms with Gasteiger partial charge in [-0.05, 0) is 50.8 Å². The fourth-order valence-electron chi connectivity index (χ4n) is 3.17. The third-order valence-corrected chi connectivity index (χ3v) is 4.71. The van der Waals surface area contributed by atoms with Gasteiger partial charge in [0.05, 0.1) is 23.0 Å². The molecule has 0 bridgehead atoms. The van der Waals surface area contributed by atoms with Crippen molar-refractivity contribution in [3.63, 3.8) is 0 Å². The molecule has 0 radical (unpaired) electrons. The molecule has 144 valence electrons. The van der Waals surface area contributed by atoms with Gasteiger partial charge in [0.1, 0.15) is 5.82 Å². The number of benzene rings is 2. The molecule has 1 atom stereocenters. The molecule has 0 aliphatic heterocycles. The van der Waals surface area contributed by atoms with Crippen LogP contribution in [-0.4, -0.2) is 36.4 Å². The summed E-state index contributed by atoms with van der Waals surface area (Å²) in [5.41, 5.74) is 3.87. The lowest BCUT2D eigenvalue weighted by Gasteiger charge is -2.25. The van der Waals surface area contributed by atoms with E-state index < -0.39 is 0 Å². The third-order valence-electron chi connectivity index (χ3n) is 4.71. The molecule has 1 aromatic heterocycles. The number of halogens is 1. The Kier molecular flexibility index (Phi) is 6.16. The van der Waals surface area contributed by atoms with Crippen LogP contribution in [-0.2, 0) is 0 Å². The first-order chi connectivity index (χ1) is 13.5. The van der Waals surface area contributed by atoms with Gasteiger partial charge in [0.2, 0.25) is 0 Å². The van der Waals surface area contributed by atoms with E-state index in [1.54, 1.807) is 12.1 Å². The quantitative estimate of drug-likeness (QED) is 0.699. The van der Waals surface area contributed by atoms with E-state index in [9.17, 15) is 9.18 Å². The van der Waals surface area contributed by atoms with Crippen molar-refractivity contribution in [1.29, 1.82) is 0 Å². The van der Waals surface area contributed by atoms with Crippen molar-refractivity contribution >= 4 is 5.91 Å². The molecule has 28 heavy (non-hydrogen) atoms. The van der Waals surface area contributed by atoms with Gasteiger partial charge in [0.15, 0.2) is 0 Å². The number of carbonyl (C=O) groups is 1. The fraction of sp³-hybridized carbons (Fsp3) is 0.217. The van der Waals surface area contributed by atoms with Crippen molar-refractivity contribution in [2.75, 3.05) is 20.6 Å². The van der Waals surface area contributed by atoms with Gasteiger partial charge in [-0.3, -0.25) is 9.78 Å². The SMILES string of the molecule is Cc1nc(-c2ccccc2)ccc1C(=O)NC[C@@H](c1cccc(F)c1)N(C)C. The lowest BCUT2D eigenvalue weighted by Crippen LogP contribution is -2.35. The highest BCUT2D eigenvalue weighted by molar-refractivity contribution is 5.95. The largest absolute Gasteiger partial charge is 0.350 e. The number of nitrogens with one attached hydrogen (secondary N) is 1. The standard InChI is InChI=1S/C23H24FN3O/c1-16-20(12-13-21(26-16)17-8-5-4-6-9-17)23(28)25-15-22(27(2)3)18-10-7-11-19(24)14-18/h4-14,22H,15H2,1-3H3,(H,25,28)/t22-/m0/s1. The zero-order valence-corrected chi connectivity index (χ0v) is 16.3. The molecule has 0 unspecified atom stereocenters. The summed E-state index contributed by atoms with van der Waals surface area (Å²) in [6.07, 6.45) is 0. The monoisotopic (exact) mass is 377 g/mol. The molecule has 3 aromatic rings. The number of aromatic nitrogens is 1. The Balaban J connectivity index is 1.73. The van der Waals surface area contributed by atoms with Crippen molar-refractivity contribution in [3.05, 3.63) is 89.4 Å². The second-order valence-electron chi connectivity index (χ2n) is 6.94. The summed E-state index contributed by atoms with van der Waals surface area (Å²) in [4.78, 5) is 19.2. The molecule has 3 rings (SSSR count). The molecule has 0 spiro atoms. The van der Waals surface area contributed by atoms with Gasteiger partial charge in [-0.2, -0.15) is 0 Å². The highest BCUT2D eigenvalue weighted by Gasteiger charge is 2.18. The van der Waals surface area contributed by atoms with Crippen LogP contribution in [0.3, 0.4) is 0 Å². The molecule has 4 nitrogen and oxygen atoms in total. The van der Waals surface area contributed by atoms with Crippen LogP contribution in [0.5, 0.6) is 0 Å². The van der Waals surface area contributed by atoms with Gasteiger partial charge >= 0.3 is 0 Å². The van der Waals surface area contributed by atoms with Crippen LogP contribution < -0.4 is 5.32 Å². The first-order valence-electron chi connectivity index (χ1n) is 9.19. The van der Waals surface area contributed by atoms with Gasteiger partial charge in [-0.1, -0.05) is 42.5 Å². The lowest BCUT2D eigenvalue weighted by atomic mass is 10.1. The topological polar surface area (TPSA) is 45.2 Å². The van der Waals surface area contributed by atoms with E-state index in [1.165, 1.54) is 12.1 Å². The summed E-state index contributed by atoms with van der Waals surface area (Å²) < 4.78 is 13.6. The predicted octanol–water partition coefficient (Wildman–Crippen LogP) is 4.23.